The van der Waals surface area contributed by atoms with Crippen molar-refractivity contribution in [2.45, 2.75) is 13.5 Å². The molecule has 1 aromatic carbocycles. The van der Waals surface area contributed by atoms with Crippen LogP contribution >= 0.6 is 11.6 Å². The number of pyridine rings is 1. The summed E-state index contributed by atoms with van der Waals surface area (Å²) in [7, 11) is 1.77. The Bertz CT molecular complexity index is 611. The number of halogens is 1. The number of aromatic nitrogens is 1. The summed E-state index contributed by atoms with van der Waals surface area (Å²) in [4.78, 5) is 16.4. The number of rotatable bonds is 4. The lowest BCUT2D eigenvalue weighted by molar-refractivity contribution is 0.0950. The van der Waals surface area contributed by atoms with Gasteiger partial charge in [-0.25, -0.2) is 4.98 Å². The molecule has 0 bridgehead atoms. The van der Waals surface area contributed by atoms with Crippen LogP contribution in [0.2, 0.25) is 5.02 Å². The molecule has 0 spiro atoms. The molecule has 0 atom stereocenters. The Balaban J connectivity index is 2.04. The fourth-order valence-corrected chi connectivity index (χ4v) is 1.94. The summed E-state index contributed by atoms with van der Waals surface area (Å²) < 4.78 is 0. The van der Waals surface area contributed by atoms with E-state index in [4.69, 9.17) is 11.6 Å². The lowest BCUT2D eigenvalue weighted by atomic mass is 10.2. The van der Waals surface area contributed by atoms with E-state index in [1.165, 1.54) is 0 Å². The number of nitrogens with one attached hydrogen (secondary N) is 2. The first-order valence-electron chi connectivity index (χ1n) is 6.27. The Morgan fingerprint density at radius 3 is 2.60 bits per heavy atom. The zero-order valence-electron chi connectivity index (χ0n) is 11.4. The SMILES string of the molecule is CNc1cc(C(=O)NCc2ccc(Cl)cc2)cc(C)n1. The molecule has 0 aliphatic rings. The fraction of sp³-hybridized carbons (Fsp3) is 0.200. The van der Waals surface area contributed by atoms with Gasteiger partial charge < -0.3 is 10.6 Å². The summed E-state index contributed by atoms with van der Waals surface area (Å²) in [5, 5.41) is 6.50. The van der Waals surface area contributed by atoms with E-state index in [9.17, 15) is 4.79 Å². The zero-order chi connectivity index (χ0) is 14.5. The molecule has 0 saturated carbocycles. The highest BCUT2D eigenvalue weighted by Crippen LogP contribution is 2.11. The van der Waals surface area contributed by atoms with Crippen molar-refractivity contribution in [3.05, 3.63) is 58.2 Å². The Hall–Kier alpha value is -2.07. The van der Waals surface area contributed by atoms with Gasteiger partial charge in [-0.3, -0.25) is 4.79 Å². The molecule has 0 saturated heterocycles. The normalized spacial score (nSPS) is 10.2. The Morgan fingerprint density at radius 2 is 1.95 bits per heavy atom. The molecule has 0 aliphatic carbocycles. The second kappa shape index (κ2) is 6.39. The van der Waals surface area contributed by atoms with Gasteiger partial charge in [0.05, 0.1) is 0 Å². The molecule has 2 rings (SSSR count). The third-order valence-corrected chi connectivity index (χ3v) is 3.09. The van der Waals surface area contributed by atoms with Gasteiger partial charge >= 0.3 is 0 Å². The van der Waals surface area contributed by atoms with Gasteiger partial charge in [0, 0.05) is 29.9 Å². The van der Waals surface area contributed by atoms with E-state index in [1.54, 1.807) is 31.3 Å². The van der Waals surface area contributed by atoms with Crippen LogP contribution in [0.25, 0.3) is 0 Å². The number of carbonyl (C=O) groups is 1. The standard InChI is InChI=1S/C15H16ClN3O/c1-10-7-12(8-14(17-2)19-10)15(20)18-9-11-3-5-13(16)6-4-11/h3-8H,9H2,1-2H3,(H,17,19)(H,18,20). The van der Waals surface area contributed by atoms with Crippen LogP contribution in [-0.4, -0.2) is 17.9 Å². The number of anilines is 1. The number of benzene rings is 1. The average molecular weight is 290 g/mol. The number of hydrogen-bond donors (Lipinski definition) is 2. The summed E-state index contributed by atoms with van der Waals surface area (Å²) in [5.41, 5.74) is 2.40. The van der Waals surface area contributed by atoms with Crippen molar-refractivity contribution < 1.29 is 4.79 Å². The molecule has 1 heterocycles. The number of aryl methyl sites for hydroxylation is 1. The molecule has 5 heteroatoms. The first kappa shape index (κ1) is 14.3. The smallest absolute Gasteiger partial charge is 0.251 e. The highest BCUT2D eigenvalue weighted by Gasteiger charge is 2.08. The summed E-state index contributed by atoms with van der Waals surface area (Å²) in [6.07, 6.45) is 0. The molecule has 0 radical (unpaired) electrons. The van der Waals surface area contributed by atoms with E-state index in [0.29, 0.717) is 22.9 Å². The van der Waals surface area contributed by atoms with E-state index in [-0.39, 0.29) is 5.91 Å². The monoisotopic (exact) mass is 289 g/mol. The van der Waals surface area contributed by atoms with Gasteiger partial charge in [0.25, 0.3) is 5.91 Å². The summed E-state index contributed by atoms with van der Waals surface area (Å²) in [5.74, 6) is 0.559. The van der Waals surface area contributed by atoms with Gasteiger partial charge in [-0.1, -0.05) is 23.7 Å². The second-order valence-corrected chi connectivity index (χ2v) is 4.88. The molecule has 104 valence electrons. The largest absolute Gasteiger partial charge is 0.373 e. The summed E-state index contributed by atoms with van der Waals surface area (Å²) in [6, 6.07) is 10.9. The maximum Gasteiger partial charge on any atom is 0.251 e. The van der Waals surface area contributed by atoms with Crippen molar-refractivity contribution >= 4 is 23.3 Å². The molecule has 0 fully saturated rings. The molecule has 20 heavy (non-hydrogen) atoms. The molecular formula is C15H16ClN3O. The number of amides is 1. The van der Waals surface area contributed by atoms with Gasteiger partial charge in [0.15, 0.2) is 0 Å². The van der Waals surface area contributed by atoms with Gasteiger partial charge in [-0.05, 0) is 36.8 Å². The molecule has 1 amide bonds. The van der Waals surface area contributed by atoms with Crippen LogP contribution in [0.4, 0.5) is 5.82 Å². The second-order valence-electron chi connectivity index (χ2n) is 4.44. The molecule has 4 nitrogen and oxygen atoms in total. The molecular weight excluding hydrogens is 274 g/mol. The van der Waals surface area contributed by atoms with Crippen LogP contribution in [0.3, 0.4) is 0 Å². The topological polar surface area (TPSA) is 54.0 Å². The summed E-state index contributed by atoms with van der Waals surface area (Å²) in [6.45, 7) is 2.32. The maximum absolute atomic E-state index is 12.1. The number of hydrogen-bond acceptors (Lipinski definition) is 3. The first-order chi connectivity index (χ1) is 9.58. The van der Waals surface area contributed by atoms with E-state index in [1.807, 2.05) is 19.1 Å². The molecule has 2 aromatic rings. The molecule has 0 aliphatic heterocycles. The van der Waals surface area contributed by atoms with Crippen molar-refractivity contribution in [3.8, 4) is 0 Å². The van der Waals surface area contributed by atoms with Crippen LogP contribution in [-0.2, 0) is 6.54 Å². The van der Waals surface area contributed by atoms with E-state index in [0.717, 1.165) is 11.3 Å². The minimum absolute atomic E-state index is 0.123. The lowest BCUT2D eigenvalue weighted by Crippen LogP contribution is -2.23. The maximum atomic E-state index is 12.1. The van der Waals surface area contributed by atoms with E-state index in [2.05, 4.69) is 15.6 Å². The minimum Gasteiger partial charge on any atom is -0.373 e. The Labute approximate surface area is 123 Å². The molecule has 1 aromatic heterocycles. The number of carbonyl (C=O) groups excluding carboxylic acids is 1. The Morgan fingerprint density at radius 1 is 1.25 bits per heavy atom. The van der Waals surface area contributed by atoms with E-state index < -0.39 is 0 Å². The van der Waals surface area contributed by atoms with Crippen LogP contribution in [0.5, 0.6) is 0 Å². The summed E-state index contributed by atoms with van der Waals surface area (Å²) >= 11 is 5.82. The highest BCUT2D eigenvalue weighted by molar-refractivity contribution is 6.30. The van der Waals surface area contributed by atoms with Crippen molar-refractivity contribution in [2.75, 3.05) is 12.4 Å². The van der Waals surface area contributed by atoms with Crippen LogP contribution in [0, 0.1) is 6.92 Å². The van der Waals surface area contributed by atoms with Crippen LogP contribution < -0.4 is 10.6 Å². The number of nitrogens with zero attached hydrogens (tertiary/aromatic N) is 1. The van der Waals surface area contributed by atoms with Crippen molar-refractivity contribution in [3.63, 3.8) is 0 Å². The van der Waals surface area contributed by atoms with E-state index >= 15 is 0 Å². The van der Waals surface area contributed by atoms with Crippen LogP contribution in [0.15, 0.2) is 36.4 Å². The lowest BCUT2D eigenvalue weighted by Gasteiger charge is -2.08. The van der Waals surface area contributed by atoms with Crippen molar-refractivity contribution in [1.29, 1.82) is 0 Å². The quantitative estimate of drug-likeness (QED) is 0.910. The van der Waals surface area contributed by atoms with Gasteiger partial charge in [-0.15, -0.1) is 0 Å². The predicted octanol–water partition coefficient (Wildman–Crippen LogP) is 3.02. The van der Waals surface area contributed by atoms with Gasteiger partial charge in [-0.2, -0.15) is 0 Å². The predicted molar refractivity (Wildman–Crippen MR) is 81.1 cm³/mol. The first-order valence-corrected chi connectivity index (χ1v) is 6.65. The van der Waals surface area contributed by atoms with Gasteiger partial charge in [0.1, 0.15) is 5.82 Å². The van der Waals surface area contributed by atoms with Crippen LogP contribution in [0.1, 0.15) is 21.6 Å². The minimum atomic E-state index is -0.123. The zero-order valence-corrected chi connectivity index (χ0v) is 12.2. The van der Waals surface area contributed by atoms with Crippen molar-refractivity contribution in [1.82, 2.24) is 10.3 Å². The molecule has 0 unspecified atom stereocenters. The third-order valence-electron chi connectivity index (χ3n) is 2.84. The molecule has 2 N–H and O–H groups in total. The fourth-order valence-electron chi connectivity index (χ4n) is 1.81. The Kier molecular flexibility index (Phi) is 4.58. The van der Waals surface area contributed by atoms with Gasteiger partial charge in [0.2, 0.25) is 0 Å². The average Bonchev–Trinajstić information content (AvgIpc) is 2.45. The third kappa shape index (κ3) is 3.71. The highest BCUT2D eigenvalue weighted by atomic mass is 35.5. The van der Waals surface area contributed by atoms with Crippen molar-refractivity contribution in [2.24, 2.45) is 0 Å².